The average Bonchev–Trinajstić information content (AvgIpc) is 2.34. The summed E-state index contributed by atoms with van der Waals surface area (Å²) in [5.74, 6) is -1.02. The highest BCUT2D eigenvalue weighted by Crippen LogP contribution is 1.99. The van der Waals surface area contributed by atoms with E-state index in [2.05, 4.69) is 25.3 Å². The summed E-state index contributed by atoms with van der Waals surface area (Å²) in [5.41, 5.74) is 0. The Kier molecular flexibility index (Phi) is 4.92. The van der Waals surface area contributed by atoms with Gasteiger partial charge in [-0.05, 0) is 6.07 Å². The second-order valence-electron chi connectivity index (χ2n) is 3.04. The molecule has 0 bridgehead atoms. The van der Waals surface area contributed by atoms with Crippen LogP contribution in [0.2, 0.25) is 0 Å². The van der Waals surface area contributed by atoms with Gasteiger partial charge in [-0.25, -0.2) is 14.8 Å². The fraction of sp³-hybridized carbons (Fsp3) is 0.333. The Labute approximate surface area is 99.4 Å². The average molecular weight is 234 g/mol. The standard InChI is InChI=1S/C9H11BN4O3/c1-17-7(15)6(5-13-8(10)16)14-9-11-3-2-4-12-9/h2-4,6H,5H2,1H3,(H,13,16)(H,11,12,14). The van der Waals surface area contributed by atoms with Crippen molar-refractivity contribution < 1.29 is 14.3 Å². The van der Waals surface area contributed by atoms with Crippen molar-refractivity contribution in [2.45, 2.75) is 6.04 Å². The molecule has 8 heteroatoms. The lowest BCUT2D eigenvalue weighted by Crippen LogP contribution is -2.42. The van der Waals surface area contributed by atoms with E-state index in [1.165, 1.54) is 19.5 Å². The molecule has 1 rings (SSSR count). The van der Waals surface area contributed by atoms with E-state index >= 15 is 0 Å². The Morgan fingerprint density at radius 1 is 1.47 bits per heavy atom. The SMILES string of the molecule is [B]C(=O)NCC(Nc1ncccn1)C(=O)OC. The van der Waals surface area contributed by atoms with Crippen molar-refractivity contribution >= 4 is 25.6 Å². The summed E-state index contributed by atoms with van der Waals surface area (Å²) in [6.45, 7) is -0.0136. The minimum absolute atomic E-state index is 0.0136. The van der Waals surface area contributed by atoms with E-state index in [1.807, 2.05) is 0 Å². The molecule has 0 aliphatic rings. The first-order valence-corrected chi connectivity index (χ1v) is 4.78. The van der Waals surface area contributed by atoms with Gasteiger partial charge in [0.2, 0.25) is 5.95 Å². The molecule has 0 aromatic carbocycles. The first kappa shape index (κ1) is 13.0. The monoisotopic (exact) mass is 234 g/mol. The molecule has 1 atom stereocenters. The van der Waals surface area contributed by atoms with Crippen LogP contribution in [-0.4, -0.2) is 49.3 Å². The third-order valence-electron chi connectivity index (χ3n) is 1.84. The van der Waals surface area contributed by atoms with Crippen molar-refractivity contribution in [2.75, 3.05) is 19.0 Å². The number of carbonyl (C=O) groups is 2. The minimum Gasteiger partial charge on any atom is -0.467 e. The molecule has 1 aromatic rings. The number of carbonyl (C=O) groups excluding carboxylic acids is 2. The highest BCUT2D eigenvalue weighted by atomic mass is 16.5. The van der Waals surface area contributed by atoms with E-state index in [4.69, 9.17) is 7.85 Å². The second-order valence-corrected chi connectivity index (χ2v) is 3.04. The van der Waals surface area contributed by atoms with Crippen LogP contribution in [0.1, 0.15) is 0 Å². The lowest BCUT2D eigenvalue weighted by atomic mass is 10.1. The zero-order valence-corrected chi connectivity index (χ0v) is 9.21. The molecule has 2 N–H and O–H groups in total. The van der Waals surface area contributed by atoms with Gasteiger partial charge in [0.15, 0.2) is 13.7 Å². The molecule has 1 amide bonds. The van der Waals surface area contributed by atoms with Gasteiger partial charge in [-0.3, -0.25) is 4.79 Å². The number of methoxy groups -OCH3 is 1. The number of anilines is 1. The maximum atomic E-state index is 11.4. The molecule has 0 aliphatic heterocycles. The number of rotatable bonds is 5. The number of nitrogens with zero attached hydrogens (tertiary/aromatic N) is 2. The van der Waals surface area contributed by atoms with Gasteiger partial charge in [0.1, 0.15) is 6.04 Å². The molecular weight excluding hydrogens is 223 g/mol. The van der Waals surface area contributed by atoms with Crippen molar-refractivity contribution in [3.05, 3.63) is 18.5 Å². The number of nitrogens with one attached hydrogen (secondary N) is 2. The van der Waals surface area contributed by atoms with E-state index in [0.717, 1.165) is 0 Å². The van der Waals surface area contributed by atoms with Crippen LogP contribution < -0.4 is 10.6 Å². The van der Waals surface area contributed by atoms with Crippen LogP contribution >= 0.6 is 0 Å². The first-order valence-electron chi connectivity index (χ1n) is 4.78. The van der Waals surface area contributed by atoms with E-state index in [-0.39, 0.29) is 12.5 Å². The number of esters is 1. The summed E-state index contributed by atoms with van der Waals surface area (Å²) in [6.07, 6.45) is 3.04. The summed E-state index contributed by atoms with van der Waals surface area (Å²) < 4.78 is 4.57. The molecule has 2 radical (unpaired) electrons. The number of ether oxygens (including phenoxy) is 1. The third-order valence-corrected chi connectivity index (χ3v) is 1.84. The van der Waals surface area contributed by atoms with Gasteiger partial charge in [0.25, 0.3) is 0 Å². The zero-order chi connectivity index (χ0) is 12.7. The molecule has 1 aromatic heterocycles. The molecular formula is C9H11BN4O3. The summed E-state index contributed by atoms with van der Waals surface area (Å²) in [4.78, 5) is 29.7. The van der Waals surface area contributed by atoms with E-state index in [1.54, 1.807) is 6.07 Å². The first-order chi connectivity index (χ1) is 8.13. The Morgan fingerprint density at radius 2 is 2.12 bits per heavy atom. The number of aromatic nitrogens is 2. The highest BCUT2D eigenvalue weighted by Gasteiger charge is 2.19. The Balaban J connectivity index is 2.63. The lowest BCUT2D eigenvalue weighted by Gasteiger charge is -2.16. The van der Waals surface area contributed by atoms with Crippen LogP contribution in [0.4, 0.5) is 10.7 Å². The zero-order valence-electron chi connectivity index (χ0n) is 9.21. The predicted octanol–water partition coefficient (Wildman–Crippen LogP) is -0.692. The smallest absolute Gasteiger partial charge is 0.330 e. The van der Waals surface area contributed by atoms with E-state index < -0.39 is 17.8 Å². The summed E-state index contributed by atoms with van der Waals surface area (Å²) >= 11 is 0. The molecule has 0 saturated carbocycles. The topological polar surface area (TPSA) is 93.2 Å². The molecule has 0 aliphatic carbocycles. The molecule has 0 saturated heterocycles. The fourth-order valence-electron chi connectivity index (χ4n) is 1.07. The van der Waals surface area contributed by atoms with E-state index in [9.17, 15) is 9.59 Å². The predicted molar refractivity (Wildman–Crippen MR) is 60.6 cm³/mol. The van der Waals surface area contributed by atoms with Crippen LogP contribution in [0.3, 0.4) is 0 Å². The largest absolute Gasteiger partial charge is 0.467 e. The molecule has 1 heterocycles. The van der Waals surface area contributed by atoms with Gasteiger partial charge in [0, 0.05) is 18.9 Å². The van der Waals surface area contributed by atoms with Gasteiger partial charge in [-0.15, -0.1) is 0 Å². The molecule has 0 fully saturated rings. The van der Waals surface area contributed by atoms with Crippen molar-refractivity contribution in [3.63, 3.8) is 0 Å². The minimum atomic E-state index is -0.796. The third kappa shape index (κ3) is 4.50. The summed E-state index contributed by atoms with van der Waals surface area (Å²) in [5, 5.41) is 5.02. The molecule has 17 heavy (non-hydrogen) atoms. The van der Waals surface area contributed by atoms with Crippen molar-refractivity contribution in [1.29, 1.82) is 0 Å². The van der Waals surface area contributed by atoms with Crippen molar-refractivity contribution in [3.8, 4) is 0 Å². The van der Waals surface area contributed by atoms with Crippen molar-refractivity contribution in [2.24, 2.45) is 0 Å². The van der Waals surface area contributed by atoms with Crippen LogP contribution in [0.5, 0.6) is 0 Å². The quantitative estimate of drug-likeness (QED) is 0.517. The van der Waals surface area contributed by atoms with Crippen LogP contribution in [-0.2, 0) is 9.53 Å². The summed E-state index contributed by atoms with van der Waals surface area (Å²) in [7, 11) is 6.16. The van der Waals surface area contributed by atoms with Crippen LogP contribution in [0.15, 0.2) is 18.5 Å². The van der Waals surface area contributed by atoms with Crippen LogP contribution in [0.25, 0.3) is 0 Å². The number of amides is 1. The molecule has 1 unspecified atom stereocenters. The fourth-order valence-corrected chi connectivity index (χ4v) is 1.07. The van der Waals surface area contributed by atoms with Gasteiger partial charge in [-0.1, -0.05) is 0 Å². The Morgan fingerprint density at radius 3 is 2.65 bits per heavy atom. The highest BCUT2D eigenvalue weighted by molar-refractivity contribution is 6.57. The maximum absolute atomic E-state index is 11.4. The van der Waals surface area contributed by atoms with E-state index in [0.29, 0.717) is 0 Å². The lowest BCUT2D eigenvalue weighted by molar-refractivity contribution is -0.141. The van der Waals surface area contributed by atoms with Gasteiger partial charge >= 0.3 is 5.97 Å². The second kappa shape index (κ2) is 6.46. The number of hydrogen-bond acceptors (Lipinski definition) is 6. The van der Waals surface area contributed by atoms with Gasteiger partial charge < -0.3 is 15.4 Å². The van der Waals surface area contributed by atoms with Gasteiger partial charge in [0.05, 0.1) is 7.11 Å². The molecule has 0 spiro atoms. The number of hydrogen-bond donors (Lipinski definition) is 2. The Bertz CT molecular complexity index is 387. The molecule has 7 nitrogen and oxygen atoms in total. The van der Waals surface area contributed by atoms with Crippen molar-refractivity contribution in [1.82, 2.24) is 15.3 Å². The Hall–Kier alpha value is -2.12. The normalized spacial score (nSPS) is 11.4. The van der Waals surface area contributed by atoms with Crippen LogP contribution in [0, 0.1) is 0 Å². The maximum Gasteiger partial charge on any atom is 0.330 e. The van der Waals surface area contributed by atoms with Gasteiger partial charge in [-0.2, -0.15) is 0 Å². The molecule has 88 valence electrons. The summed E-state index contributed by atoms with van der Waals surface area (Å²) in [6, 6.07) is 0.842.